The van der Waals surface area contributed by atoms with Crippen LogP contribution >= 0.6 is 22.9 Å². The highest BCUT2D eigenvalue weighted by atomic mass is 35.5. The molecule has 30 heavy (non-hydrogen) atoms. The minimum absolute atomic E-state index is 0.0365. The van der Waals surface area contributed by atoms with Crippen LogP contribution in [0.4, 0.5) is 0 Å². The van der Waals surface area contributed by atoms with Gasteiger partial charge in [0.1, 0.15) is 23.3 Å². The fourth-order valence-corrected chi connectivity index (χ4v) is 5.65. The molecule has 5 N–H and O–H groups in total. The summed E-state index contributed by atoms with van der Waals surface area (Å²) in [5.41, 5.74) is 9.20. The minimum Gasteiger partial charge on any atom is -0.491 e. The van der Waals surface area contributed by atoms with E-state index in [1.807, 2.05) is 0 Å². The zero-order valence-corrected chi connectivity index (χ0v) is 18.9. The largest absolute Gasteiger partial charge is 0.491 e. The van der Waals surface area contributed by atoms with Gasteiger partial charge >= 0.3 is 5.97 Å². The van der Waals surface area contributed by atoms with Crippen molar-refractivity contribution in [3.05, 3.63) is 49.7 Å². The fraction of sp³-hybridized carbons (Fsp3) is 0.500. The van der Waals surface area contributed by atoms with E-state index in [0.717, 1.165) is 17.5 Å². The molecule has 0 bridgehead atoms. The molecule has 1 heterocycles. The van der Waals surface area contributed by atoms with E-state index < -0.39 is 12.1 Å². The van der Waals surface area contributed by atoms with Gasteiger partial charge in [0.2, 0.25) is 0 Å². The Balaban J connectivity index is 0.000000171. The molecule has 0 amide bonds. The lowest BCUT2D eigenvalue weighted by atomic mass is 9.95. The van der Waals surface area contributed by atoms with Gasteiger partial charge in [0, 0.05) is 16.4 Å². The lowest BCUT2D eigenvalue weighted by Gasteiger charge is -2.10. The Morgan fingerprint density at radius 3 is 2.70 bits per heavy atom. The first-order chi connectivity index (χ1) is 14.1. The summed E-state index contributed by atoms with van der Waals surface area (Å²) in [7, 11) is 0. The van der Waals surface area contributed by atoms with Crippen molar-refractivity contribution in [1.29, 1.82) is 0 Å². The van der Waals surface area contributed by atoms with E-state index in [9.17, 15) is 4.79 Å². The number of aryl methyl sites for hydroxylation is 1. The van der Waals surface area contributed by atoms with Gasteiger partial charge in [0.25, 0.3) is 0 Å². The number of thiophene rings is 1. The van der Waals surface area contributed by atoms with Crippen LogP contribution in [-0.4, -0.2) is 40.6 Å². The Morgan fingerprint density at radius 1 is 1.43 bits per heavy atom. The third-order valence-corrected chi connectivity index (χ3v) is 7.61. The molecule has 0 spiro atoms. The van der Waals surface area contributed by atoms with Crippen LogP contribution in [0.2, 0.25) is 5.02 Å². The van der Waals surface area contributed by atoms with Crippen molar-refractivity contribution < 1.29 is 24.9 Å². The zero-order valence-electron chi connectivity index (χ0n) is 17.3. The zero-order chi connectivity index (χ0) is 22.2. The average molecular weight is 454 g/mol. The number of carbonyl (C=O) groups is 1. The topological polar surface area (TPSA) is 113 Å². The first-order valence-electron chi connectivity index (χ1n) is 9.87. The number of fused-ring (bicyclic) bond motifs is 3. The maximum absolute atomic E-state index is 11.1. The van der Waals surface area contributed by atoms with Gasteiger partial charge in [-0.3, -0.25) is 0 Å². The molecule has 2 aliphatic carbocycles. The number of hydrogen-bond donors (Lipinski definition) is 4. The maximum atomic E-state index is 11.1. The van der Waals surface area contributed by atoms with E-state index in [-0.39, 0.29) is 13.2 Å². The molecule has 1 fully saturated rings. The van der Waals surface area contributed by atoms with Gasteiger partial charge in [-0.25, -0.2) is 4.79 Å². The Labute approximate surface area is 185 Å². The summed E-state index contributed by atoms with van der Waals surface area (Å²) in [6, 6.07) is 5.12. The van der Waals surface area contributed by atoms with Crippen molar-refractivity contribution in [3.8, 4) is 5.75 Å². The first kappa shape index (κ1) is 23.0. The third kappa shape index (κ3) is 4.36. The highest BCUT2D eigenvalue weighted by molar-refractivity contribution is 7.14. The Kier molecular flexibility index (Phi) is 6.79. The molecule has 164 valence electrons. The lowest BCUT2D eigenvalue weighted by Crippen LogP contribution is -2.21. The number of carboxylic acid groups (broad SMARTS) is 1. The van der Waals surface area contributed by atoms with Crippen LogP contribution in [-0.2, 0) is 13.0 Å². The number of nitrogens with two attached hydrogens (primary N) is 1. The molecular formula is C22H28ClNO5S. The molecule has 8 heteroatoms. The van der Waals surface area contributed by atoms with Gasteiger partial charge in [-0.2, -0.15) is 0 Å². The number of rotatable bonds is 6. The van der Waals surface area contributed by atoms with Crippen molar-refractivity contribution in [2.24, 2.45) is 17.1 Å². The number of hydrogen-bond acceptors (Lipinski definition) is 6. The molecule has 2 aliphatic rings. The molecule has 0 saturated heterocycles. The van der Waals surface area contributed by atoms with Crippen molar-refractivity contribution in [2.75, 3.05) is 13.2 Å². The normalized spacial score (nSPS) is 21.2. The van der Waals surface area contributed by atoms with Crippen LogP contribution in [0.5, 0.6) is 5.75 Å². The number of ether oxygens (including phenoxy) is 1. The second-order valence-electron chi connectivity index (χ2n) is 8.40. The molecule has 1 saturated carbocycles. The van der Waals surface area contributed by atoms with Crippen LogP contribution in [0, 0.1) is 18.3 Å². The average Bonchev–Trinajstić information content (AvgIpc) is 3.04. The minimum atomic E-state index is -0.877. The molecular weight excluding hydrogens is 426 g/mol. The summed E-state index contributed by atoms with van der Waals surface area (Å²) in [6.07, 6.45) is 0.108. The van der Waals surface area contributed by atoms with Gasteiger partial charge in [-0.05, 0) is 59.4 Å². The van der Waals surface area contributed by atoms with Gasteiger partial charge in [-0.15, -0.1) is 11.3 Å². The Morgan fingerprint density at radius 2 is 2.13 bits per heavy atom. The quantitative estimate of drug-likeness (QED) is 0.531. The van der Waals surface area contributed by atoms with Gasteiger partial charge in [0.15, 0.2) is 0 Å². The molecule has 2 aromatic rings. The van der Waals surface area contributed by atoms with Crippen molar-refractivity contribution in [2.45, 2.75) is 45.8 Å². The fourth-order valence-electron chi connectivity index (χ4n) is 4.33. The van der Waals surface area contributed by atoms with Crippen LogP contribution in [0.3, 0.4) is 0 Å². The summed E-state index contributed by atoms with van der Waals surface area (Å²) in [6.45, 7) is 6.74. The van der Waals surface area contributed by atoms with Crippen LogP contribution in [0.1, 0.15) is 51.0 Å². The standard InChI is InChI=1S/C12H14O2S.C10H14ClNO3/c1-5-8-6(10(15-5)11(13)14)4-7-9(8)12(7,2)3;11-10-3-9(2-1-7(10)4-12)15-6-8(14)5-13/h7,9H,4H2,1-3H3,(H,13,14);1-3,8,13-14H,4-6,12H2/t7-,9-;8-/m10/s1. The molecule has 3 atom stereocenters. The lowest BCUT2D eigenvalue weighted by molar-refractivity contribution is 0.0536. The number of carboxylic acids is 1. The molecule has 6 nitrogen and oxygen atoms in total. The second-order valence-corrected chi connectivity index (χ2v) is 10.0. The molecule has 1 aromatic carbocycles. The third-order valence-electron chi connectivity index (χ3n) is 6.11. The highest BCUT2D eigenvalue weighted by Gasteiger charge is 2.63. The summed E-state index contributed by atoms with van der Waals surface area (Å²) < 4.78 is 5.20. The van der Waals surface area contributed by atoms with Crippen molar-refractivity contribution in [1.82, 2.24) is 0 Å². The van der Waals surface area contributed by atoms with E-state index in [0.29, 0.717) is 39.4 Å². The first-order valence-corrected chi connectivity index (χ1v) is 11.1. The number of aromatic carboxylic acids is 1. The molecule has 0 radical (unpaired) electrons. The van der Waals surface area contributed by atoms with E-state index in [4.69, 9.17) is 37.4 Å². The second kappa shape index (κ2) is 8.85. The summed E-state index contributed by atoms with van der Waals surface area (Å²) in [4.78, 5) is 12.9. The number of aliphatic hydroxyl groups is 2. The van der Waals surface area contributed by atoms with Crippen molar-refractivity contribution in [3.63, 3.8) is 0 Å². The van der Waals surface area contributed by atoms with E-state index in [1.54, 1.807) is 18.2 Å². The Bertz CT molecular complexity index is 942. The van der Waals surface area contributed by atoms with Crippen LogP contribution in [0.25, 0.3) is 0 Å². The number of aliphatic hydroxyl groups excluding tert-OH is 2. The summed E-state index contributed by atoms with van der Waals surface area (Å²) in [5.74, 6) is 1.14. The monoisotopic (exact) mass is 453 g/mol. The summed E-state index contributed by atoms with van der Waals surface area (Å²) >= 11 is 7.36. The molecule has 0 aliphatic heterocycles. The summed E-state index contributed by atoms with van der Waals surface area (Å²) in [5, 5.41) is 27.3. The predicted octanol–water partition coefficient (Wildman–Crippen LogP) is 3.58. The molecule has 4 rings (SSSR count). The van der Waals surface area contributed by atoms with E-state index in [1.165, 1.54) is 21.8 Å². The van der Waals surface area contributed by atoms with Gasteiger partial charge < -0.3 is 25.8 Å². The maximum Gasteiger partial charge on any atom is 0.346 e. The van der Waals surface area contributed by atoms with Crippen LogP contribution < -0.4 is 10.5 Å². The Hall–Kier alpha value is -1.64. The number of halogens is 1. The van der Waals surface area contributed by atoms with Crippen molar-refractivity contribution >= 4 is 28.9 Å². The molecule has 0 unspecified atom stereocenters. The predicted molar refractivity (Wildman–Crippen MR) is 118 cm³/mol. The van der Waals surface area contributed by atoms with E-state index >= 15 is 0 Å². The number of benzene rings is 1. The smallest absolute Gasteiger partial charge is 0.346 e. The van der Waals surface area contributed by atoms with E-state index in [2.05, 4.69) is 20.8 Å². The van der Waals surface area contributed by atoms with Gasteiger partial charge in [-0.1, -0.05) is 31.5 Å². The van der Waals surface area contributed by atoms with Gasteiger partial charge in [0.05, 0.1) is 6.61 Å². The van der Waals surface area contributed by atoms with Crippen LogP contribution in [0.15, 0.2) is 18.2 Å². The SMILES string of the molecule is Cc1sc(C(=O)O)c2c1[C@H]1[C@@H](C2)C1(C)C.NCc1ccc(OC[C@@H](O)CO)cc1Cl. The highest BCUT2D eigenvalue weighted by Crippen LogP contribution is 2.71. The molecule has 1 aromatic heterocycles.